The zero-order valence-electron chi connectivity index (χ0n) is 12.8. The molecule has 0 spiro atoms. The van der Waals surface area contributed by atoms with E-state index in [0.29, 0.717) is 30.8 Å². The zero-order valence-corrected chi connectivity index (χ0v) is 13.7. The van der Waals surface area contributed by atoms with Gasteiger partial charge in [0.2, 0.25) is 5.89 Å². The average molecular weight is 320 g/mol. The summed E-state index contributed by atoms with van der Waals surface area (Å²) < 4.78 is 4.96. The van der Waals surface area contributed by atoms with E-state index in [-0.39, 0.29) is 5.91 Å². The largest absolute Gasteiger partial charge is 0.340 e. The van der Waals surface area contributed by atoms with Crippen LogP contribution >= 0.6 is 11.3 Å². The quantitative estimate of drug-likeness (QED) is 0.916. The topological polar surface area (TPSA) is 71.3 Å². The van der Waals surface area contributed by atoms with Crippen molar-refractivity contribution >= 4 is 17.2 Å². The van der Waals surface area contributed by atoms with E-state index in [4.69, 9.17) is 4.52 Å². The third kappa shape index (κ3) is 3.20. The van der Waals surface area contributed by atoms with Crippen LogP contribution in [0.15, 0.2) is 16.7 Å². The van der Waals surface area contributed by atoms with Gasteiger partial charge in [-0.1, -0.05) is 5.16 Å². The summed E-state index contributed by atoms with van der Waals surface area (Å²) in [6, 6.07) is 4.39. The lowest BCUT2D eigenvalue weighted by Crippen LogP contribution is -2.30. The summed E-state index contributed by atoms with van der Waals surface area (Å²) in [6.45, 7) is 5.75. The smallest absolute Gasteiger partial charge is 0.264 e. The molecule has 0 radical (unpaired) electrons. The molecule has 0 unspecified atom stereocenters. The van der Waals surface area contributed by atoms with Gasteiger partial charge in [0.1, 0.15) is 0 Å². The van der Waals surface area contributed by atoms with E-state index in [2.05, 4.69) is 21.5 Å². The highest BCUT2D eigenvalue weighted by molar-refractivity contribution is 7.14. The van der Waals surface area contributed by atoms with Crippen LogP contribution in [-0.2, 0) is 6.54 Å². The first-order valence-electron chi connectivity index (χ1n) is 7.59. The molecule has 0 aliphatic carbocycles. The molecule has 1 aliphatic rings. The van der Waals surface area contributed by atoms with Crippen LogP contribution in [-0.4, -0.2) is 34.0 Å². The maximum absolute atomic E-state index is 12.6. The molecule has 118 valence electrons. The van der Waals surface area contributed by atoms with Crippen LogP contribution in [0.4, 0.5) is 0 Å². The van der Waals surface area contributed by atoms with Gasteiger partial charge in [0.05, 0.1) is 11.4 Å². The molecule has 1 saturated heterocycles. The van der Waals surface area contributed by atoms with E-state index in [9.17, 15) is 4.79 Å². The molecule has 2 aromatic rings. The zero-order chi connectivity index (χ0) is 15.5. The van der Waals surface area contributed by atoms with Crippen LogP contribution in [0.2, 0.25) is 0 Å². The Labute approximate surface area is 133 Å². The molecule has 1 atom stereocenters. The molecule has 1 fully saturated rings. The second-order valence-corrected chi connectivity index (χ2v) is 6.52. The Morgan fingerprint density at radius 1 is 1.55 bits per heavy atom. The summed E-state index contributed by atoms with van der Waals surface area (Å²) in [5.41, 5.74) is 0. The number of nitrogens with zero attached hydrogens (tertiary/aromatic N) is 3. The van der Waals surface area contributed by atoms with Gasteiger partial charge in [0.15, 0.2) is 5.82 Å². The minimum Gasteiger partial charge on any atom is -0.340 e. The van der Waals surface area contributed by atoms with Crippen molar-refractivity contribution in [2.24, 2.45) is 0 Å². The number of nitrogens with one attached hydrogen (secondary N) is 1. The third-order valence-corrected chi connectivity index (χ3v) is 5.00. The van der Waals surface area contributed by atoms with E-state index >= 15 is 0 Å². The number of rotatable bonds is 5. The number of aryl methyl sites for hydroxylation is 1. The van der Waals surface area contributed by atoms with Gasteiger partial charge < -0.3 is 14.7 Å². The number of thiophene rings is 1. The lowest BCUT2D eigenvalue weighted by molar-refractivity contribution is 0.0752. The lowest BCUT2D eigenvalue weighted by atomic mass is 10.2. The van der Waals surface area contributed by atoms with Crippen LogP contribution in [0.1, 0.15) is 52.1 Å². The van der Waals surface area contributed by atoms with Crippen molar-refractivity contribution in [3.8, 4) is 0 Å². The summed E-state index contributed by atoms with van der Waals surface area (Å²) >= 11 is 1.58. The van der Waals surface area contributed by atoms with Crippen molar-refractivity contribution in [1.29, 1.82) is 0 Å². The third-order valence-electron chi connectivity index (χ3n) is 3.81. The van der Waals surface area contributed by atoms with Gasteiger partial charge in [0, 0.05) is 24.4 Å². The summed E-state index contributed by atoms with van der Waals surface area (Å²) in [4.78, 5) is 20.6. The number of amides is 1. The van der Waals surface area contributed by atoms with Crippen molar-refractivity contribution in [3.63, 3.8) is 0 Å². The minimum atomic E-state index is 0.0270. The van der Waals surface area contributed by atoms with Crippen molar-refractivity contribution in [2.45, 2.75) is 39.3 Å². The maximum atomic E-state index is 12.6. The average Bonchev–Trinajstić information content (AvgIpc) is 3.24. The van der Waals surface area contributed by atoms with E-state index in [1.54, 1.807) is 23.2 Å². The first-order valence-corrected chi connectivity index (χ1v) is 8.40. The summed E-state index contributed by atoms with van der Waals surface area (Å²) in [6.07, 6.45) is 2.35. The monoisotopic (exact) mass is 320 g/mol. The van der Waals surface area contributed by atoms with Gasteiger partial charge in [-0.25, -0.2) is 0 Å². The Kier molecular flexibility index (Phi) is 4.54. The molecular weight excluding hydrogens is 300 g/mol. The standard InChI is InChI=1S/C15H20N4O2S/c1-3-19(9-14-17-10(2)21-18-14)15(20)13-7-6-12(22-13)11-5-4-8-16-11/h6-7,11,16H,3-5,8-9H2,1-2H3/t11-/m0/s1. The Bertz CT molecular complexity index is 646. The molecule has 1 amide bonds. The normalized spacial score (nSPS) is 17.8. The van der Waals surface area contributed by atoms with E-state index in [0.717, 1.165) is 17.8 Å². The van der Waals surface area contributed by atoms with E-state index in [1.165, 1.54) is 11.3 Å². The van der Waals surface area contributed by atoms with Gasteiger partial charge in [-0.05, 0) is 38.4 Å². The Morgan fingerprint density at radius 2 is 2.41 bits per heavy atom. The van der Waals surface area contributed by atoms with Crippen LogP contribution in [0.5, 0.6) is 0 Å². The van der Waals surface area contributed by atoms with Gasteiger partial charge in [-0.2, -0.15) is 4.98 Å². The number of carbonyl (C=O) groups is 1. The molecule has 2 aromatic heterocycles. The predicted molar refractivity (Wildman–Crippen MR) is 83.7 cm³/mol. The van der Waals surface area contributed by atoms with Crippen LogP contribution in [0.25, 0.3) is 0 Å². The lowest BCUT2D eigenvalue weighted by Gasteiger charge is -2.18. The van der Waals surface area contributed by atoms with Gasteiger partial charge >= 0.3 is 0 Å². The van der Waals surface area contributed by atoms with Crippen molar-refractivity contribution in [2.75, 3.05) is 13.1 Å². The molecule has 22 heavy (non-hydrogen) atoms. The maximum Gasteiger partial charge on any atom is 0.264 e. The second kappa shape index (κ2) is 6.58. The van der Waals surface area contributed by atoms with Gasteiger partial charge in [-0.3, -0.25) is 4.79 Å². The van der Waals surface area contributed by atoms with Gasteiger partial charge in [-0.15, -0.1) is 11.3 Å². The Balaban J connectivity index is 1.70. The molecule has 0 saturated carbocycles. The van der Waals surface area contributed by atoms with Crippen LogP contribution in [0.3, 0.4) is 0 Å². The molecule has 7 heteroatoms. The molecule has 0 aromatic carbocycles. The molecule has 6 nitrogen and oxygen atoms in total. The predicted octanol–water partition coefficient (Wildman–Crippen LogP) is 2.53. The van der Waals surface area contributed by atoms with E-state index < -0.39 is 0 Å². The summed E-state index contributed by atoms with van der Waals surface area (Å²) in [7, 11) is 0. The van der Waals surface area contributed by atoms with Crippen LogP contribution in [0, 0.1) is 6.92 Å². The van der Waals surface area contributed by atoms with E-state index in [1.807, 2.05) is 13.0 Å². The van der Waals surface area contributed by atoms with Gasteiger partial charge in [0.25, 0.3) is 5.91 Å². The highest BCUT2D eigenvalue weighted by atomic mass is 32.1. The highest BCUT2D eigenvalue weighted by Crippen LogP contribution is 2.30. The highest BCUT2D eigenvalue weighted by Gasteiger charge is 2.22. The first-order chi connectivity index (χ1) is 10.7. The molecule has 3 rings (SSSR count). The van der Waals surface area contributed by atoms with Crippen molar-refractivity contribution in [1.82, 2.24) is 20.4 Å². The molecule has 3 heterocycles. The molecule has 0 bridgehead atoms. The number of carbonyl (C=O) groups excluding carboxylic acids is 1. The Morgan fingerprint density at radius 3 is 3.05 bits per heavy atom. The van der Waals surface area contributed by atoms with Crippen LogP contribution < -0.4 is 5.32 Å². The summed E-state index contributed by atoms with van der Waals surface area (Å²) in [5.74, 6) is 1.09. The molecule has 1 N–H and O–H groups in total. The molecule has 1 aliphatic heterocycles. The summed E-state index contributed by atoms with van der Waals surface area (Å²) in [5, 5.41) is 7.33. The van der Waals surface area contributed by atoms with Crippen molar-refractivity contribution in [3.05, 3.63) is 33.6 Å². The number of hydrogen-bond acceptors (Lipinski definition) is 6. The first kappa shape index (κ1) is 15.2. The number of hydrogen-bond donors (Lipinski definition) is 1. The SMILES string of the molecule is CCN(Cc1noc(C)n1)C(=O)c1ccc([C@@H]2CCCN2)s1. The number of aromatic nitrogens is 2. The fraction of sp³-hybridized carbons (Fsp3) is 0.533. The minimum absolute atomic E-state index is 0.0270. The Hall–Kier alpha value is -1.73. The second-order valence-electron chi connectivity index (χ2n) is 5.40. The van der Waals surface area contributed by atoms with Crippen molar-refractivity contribution < 1.29 is 9.32 Å². The fourth-order valence-corrected chi connectivity index (χ4v) is 3.73. The fourth-order valence-electron chi connectivity index (χ4n) is 2.64. The molecular formula is C15H20N4O2S.